The van der Waals surface area contributed by atoms with Crippen LogP contribution >= 0.6 is 0 Å². The molecule has 0 aliphatic heterocycles. The molecular formula is C14H18N2O3S. The highest BCUT2D eigenvalue weighted by molar-refractivity contribution is 7.89. The molecule has 1 rings (SSSR count). The van der Waals surface area contributed by atoms with Gasteiger partial charge in [-0.3, -0.25) is 4.79 Å². The molecule has 3 N–H and O–H groups in total. The molecule has 5 nitrogen and oxygen atoms in total. The summed E-state index contributed by atoms with van der Waals surface area (Å²) in [6, 6.07) is 4.16. The fourth-order valence-electron chi connectivity index (χ4n) is 1.75. The molecule has 0 fully saturated rings. The summed E-state index contributed by atoms with van der Waals surface area (Å²) in [6.07, 6.45) is 6.35. The molecule has 0 aromatic heterocycles. The minimum Gasteiger partial charge on any atom is -0.348 e. The van der Waals surface area contributed by atoms with Gasteiger partial charge in [-0.1, -0.05) is 6.92 Å². The monoisotopic (exact) mass is 294 g/mol. The molecule has 0 saturated carbocycles. The molecule has 20 heavy (non-hydrogen) atoms. The normalized spacial score (nSPS) is 12.5. The Bertz CT molecular complexity index is 645. The van der Waals surface area contributed by atoms with Gasteiger partial charge in [0.1, 0.15) is 0 Å². The summed E-state index contributed by atoms with van der Waals surface area (Å²) in [5, 5.41) is 7.86. The summed E-state index contributed by atoms with van der Waals surface area (Å²) in [5.74, 6) is 2.13. The standard InChI is InChI=1S/C14H18N2O3S/c1-4-6-12(5-2)16-14(17)11-7-10(3)8-13(9-11)20(15,18)19/h1,7-9,12H,5-6H2,2-3H3,(H,16,17)(H2,15,18,19). The van der Waals surface area contributed by atoms with Gasteiger partial charge in [0.25, 0.3) is 5.91 Å². The van der Waals surface area contributed by atoms with Crippen molar-refractivity contribution < 1.29 is 13.2 Å². The number of carbonyl (C=O) groups is 1. The predicted molar refractivity (Wildman–Crippen MR) is 77.5 cm³/mol. The van der Waals surface area contributed by atoms with E-state index in [0.29, 0.717) is 18.4 Å². The number of primary sulfonamides is 1. The van der Waals surface area contributed by atoms with Gasteiger partial charge in [-0.25, -0.2) is 13.6 Å². The lowest BCUT2D eigenvalue weighted by Gasteiger charge is -2.15. The van der Waals surface area contributed by atoms with Crippen LogP contribution in [0.5, 0.6) is 0 Å². The first-order valence-electron chi connectivity index (χ1n) is 6.16. The summed E-state index contributed by atoms with van der Waals surface area (Å²) in [4.78, 5) is 12.0. The van der Waals surface area contributed by atoms with Crippen LogP contribution in [-0.2, 0) is 10.0 Å². The first kappa shape index (κ1) is 16.2. The zero-order valence-corrected chi connectivity index (χ0v) is 12.3. The minimum absolute atomic E-state index is 0.0763. The van der Waals surface area contributed by atoms with Crippen molar-refractivity contribution in [3.63, 3.8) is 0 Å². The Kier molecular flexibility index (Phi) is 5.31. The Hall–Kier alpha value is -1.84. The lowest BCUT2D eigenvalue weighted by molar-refractivity contribution is 0.0936. The van der Waals surface area contributed by atoms with Crippen LogP contribution in [0.25, 0.3) is 0 Å². The molecule has 0 radical (unpaired) electrons. The first-order valence-corrected chi connectivity index (χ1v) is 7.71. The number of hydrogen-bond acceptors (Lipinski definition) is 3. The first-order chi connectivity index (χ1) is 9.27. The molecule has 0 heterocycles. The lowest BCUT2D eigenvalue weighted by atomic mass is 10.1. The third-order valence-corrected chi connectivity index (χ3v) is 3.73. The van der Waals surface area contributed by atoms with Crippen molar-refractivity contribution in [2.45, 2.75) is 37.6 Å². The maximum absolute atomic E-state index is 12.1. The zero-order chi connectivity index (χ0) is 15.3. The highest BCUT2D eigenvalue weighted by Crippen LogP contribution is 2.14. The van der Waals surface area contributed by atoms with Crippen molar-refractivity contribution in [2.75, 3.05) is 0 Å². The number of hydrogen-bond donors (Lipinski definition) is 2. The van der Waals surface area contributed by atoms with Crippen LogP contribution in [0, 0.1) is 19.3 Å². The highest BCUT2D eigenvalue weighted by atomic mass is 32.2. The summed E-state index contributed by atoms with van der Waals surface area (Å²) < 4.78 is 22.7. The number of nitrogens with two attached hydrogens (primary N) is 1. The molecular weight excluding hydrogens is 276 g/mol. The van der Waals surface area contributed by atoms with Crippen LogP contribution in [0.3, 0.4) is 0 Å². The van der Waals surface area contributed by atoms with Gasteiger partial charge in [-0.05, 0) is 37.1 Å². The van der Waals surface area contributed by atoms with E-state index in [1.54, 1.807) is 13.0 Å². The maximum Gasteiger partial charge on any atom is 0.251 e. The van der Waals surface area contributed by atoms with Crippen molar-refractivity contribution in [3.8, 4) is 12.3 Å². The fourth-order valence-corrected chi connectivity index (χ4v) is 2.39. The van der Waals surface area contributed by atoms with Crippen LogP contribution in [-0.4, -0.2) is 20.4 Å². The van der Waals surface area contributed by atoms with Crippen molar-refractivity contribution in [1.82, 2.24) is 5.32 Å². The number of aryl methyl sites for hydroxylation is 1. The molecule has 0 spiro atoms. The third-order valence-electron chi connectivity index (χ3n) is 2.83. The van der Waals surface area contributed by atoms with Gasteiger partial charge in [0.2, 0.25) is 10.0 Å². The average Bonchev–Trinajstić information content (AvgIpc) is 2.36. The van der Waals surface area contributed by atoms with Crippen LogP contribution in [0.1, 0.15) is 35.7 Å². The van der Waals surface area contributed by atoms with Crippen LogP contribution in [0.15, 0.2) is 23.1 Å². The fraction of sp³-hybridized carbons (Fsp3) is 0.357. The Morgan fingerprint density at radius 1 is 1.45 bits per heavy atom. The van der Waals surface area contributed by atoms with Gasteiger partial charge < -0.3 is 5.32 Å². The van der Waals surface area contributed by atoms with E-state index in [-0.39, 0.29) is 22.4 Å². The molecule has 0 aliphatic carbocycles. The lowest BCUT2D eigenvalue weighted by Crippen LogP contribution is -2.34. The van der Waals surface area contributed by atoms with Crippen LogP contribution in [0.2, 0.25) is 0 Å². The molecule has 108 valence electrons. The van der Waals surface area contributed by atoms with E-state index in [2.05, 4.69) is 11.2 Å². The number of terminal acetylenes is 1. The Morgan fingerprint density at radius 2 is 2.10 bits per heavy atom. The van der Waals surface area contributed by atoms with Crippen LogP contribution < -0.4 is 10.5 Å². The van der Waals surface area contributed by atoms with Gasteiger partial charge >= 0.3 is 0 Å². The number of nitrogens with one attached hydrogen (secondary N) is 1. The van der Waals surface area contributed by atoms with E-state index >= 15 is 0 Å². The highest BCUT2D eigenvalue weighted by Gasteiger charge is 2.15. The van der Waals surface area contributed by atoms with Gasteiger partial charge in [0.15, 0.2) is 0 Å². The number of rotatable bonds is 5. The quantitative estimate of drug-likeness (QED) is 0.799. The van der Waals surface area contributed by atoms with Gasteiger partial charge in [0, 0.05) is 18.0 Å². The van der Waals surface area contributed by atoms with E-state index in [9.17, 15) is 13.2 Å². The maximum atomic E-state index is 12.1. The number of benzene rings is 1. The Morgan fingerprint density at radius 3 is 2.60 bits per heavy atom. The van der Waals surface area contributed by atoms with Crippen LogP contribution in [0.4, 0.5) is 0 Å². The number of amides is 1. The third kappa shape index (κ3) is 4.37. The van der Waals surface area contributed by atoms with Gasteiger partial charge in [-0.15, -0.1) is 12.3 Å². The van der Waals surface area contributed by atoms with Gasteiger partial charge in [-0.2, -0.15) is 0 Å². The summed E-state index contributed by atoms with van der Waals surface area (Å²) in [5.41, 5.74) is 0.899. The van der Waals surface area contributed by atoms with Crippen molar-refractivity contribution in [3.05, 3.63) is 29.3 Å². The Labute approximate surface area is 119 Å². The number of sulfonamides is 1. The van der Waals surface area contributed by atoms with E-state index in [1.165, 1.54) is 12.1 Å². The summed E-state index contributed by atoms with van der Waals surface area (Å²) >= 11 is 0. The molecule has 1 unspecified atom stereocenters. The van der Waals surface area contributed by atoms with Gasteiger partial charge in [0.05, 0.1) is 4.90 Å². The summed E-state index contributed by atoms with van der Waals surface area (Å²) in [7, 11) is -3.84. The smallest absolute Gasteiger partial charge is 0.251 e. The molecule has 1 aromatic carbocycles. The molecule has 0 bridgehead atoms. The molecule has 0 saturated heterocycles. The van der Waals surface area contributed by atoms with E-state index in [1.807, 2.05) is 6.92 Å². The second kappa shape index (κ2) is 6.55. The van der Waals surface area contributed by atoms with E-state index < -0.39 is 10.0 Å². The Balaban J connectivity index is 3.05. The summed E-state index contributed by atoms with van der Waals surface area (Å²) in [6.45, 7) is 3.61. The molecule has 1 aromatic rings. The predicted octanol–water partition coefficient (Wildman–Crippen LogP) is 1.17. The molecule has 1 amide bonds. The minimum atomic E-state index is -3.84. The zero-order valence-electron chi connectivity index (χ0n) is 11.5. The average molecular weight is 294 g/mol. The number of carbonyl (C=O) groups excluding carboxylic acids is 1. The molecule has 1 atom stereocenters. The van der Waals surface area contributed by atoms with Crippen molar-refractivity contribution in [1.29, 1.82) is 0 Å². The van der Waals surface area contributed by atoms with Crippen molar-refractivity contribution >= 4 is 15.9 Å². The molecule has 0 aliphatic rings. The van der Waals surface area contributed by atoms with E-state index in [0.717, 1.165) is 0 Å². The van der Waals surface area contributed by atoms with Crippen molar-refractivity contribution in [2.24, 2.45) is 5.14 Å². The largest absolute Gasteiger partial charge is 0.348 e. The topological polar surface area (TPSA) is 89.3 Å². The second-order valence-corrected chi connectivity index (χ2v) is 6.13. The second-order valence-electron chi connectivity index (χ2n) is 4.57. The SMILES string of the molecule is C#CCC(CC)NC(=O)c1cc(C)cc(S(N)(=O)=O)c1. The molecule has 6 heteroatoms. The van der Waals surface area contributed by atoms with E-state index in [4.69, 9.17) is 11.6 Å².